The molecule has 1 amide bonds. The zero-order valence-electron chi connectivity index (χ0n) is 14.1. The summed E-state index contributed by atoms with van der Waals surface area (Å²) in [5.74, 6) is 1.40. The number of carbonyl (C=O) groups excluding carboxylic acids is 1. The summed E-state index contributed by atoms with van der Waals surface area (Å²) in [5.41, 5.74) is 1.42. The summed E-state index contributed by atoms with van der Waals surface area (Å²) in [7, 11) is 0. The molecule has 2 heterocycles. The van der Waals surface area contributed by atoms with E-state index < -0.39 is 0 Å². The Bertz CT molecular complexity index is 528. The number of piperidine rings is 1. The van der Waals surface area contributed by atoms with Gasteiger partial charge in [-0.15, -0.1) is 0 Å². The number of hydrogen-bond acceptors (Lipinski definition) is 3. The van der Waals surface area contributed by atoms with Crippen LogP contribution < -0.4 is 5.32 Å². The van der Waals surface area contributed by atoms with Gasteiger partial charge in [0.2, 0.25) is 5.91 Å². The molecule has 126 valence electrons. The van der Waals surface area contributed by atoms with Crippen molar-refractivity contribution in [3.8, 4) is 0 Å². The van der Waals surface area contributed by atoms with Gasteiger partial charge in [-0.05, 0) is 70.7 Å². The Morgan fingerprint density at radius 3 is 2.87 bits per heavy atom. The van der Waals surface area contributed by atoms with Crippen molar-refractivity contribution in [3.63, 3.8) is 0 Å². The van der Waals surface area contributed by atoms with E-state index in [0.29, 0.717) is 0 Å². The van der Waals surface area contributed by atoms with Crippen LogP contribution >= 0.6 is 0 Å². The Morgan fingerprint density at radius 2 is 2.22 bits per heavy atom. The van der Waals surface area contributed by atoms with Gasteiger partial charge in [0.25, 0.3) is 0 Å². The number of rotatable bonds is 5. The number of carbonyl (C=O) groups is 1. The highest BCUT2D eigenvalue weighted by Gasteiger charge is 2.26. The largest absolute Gasteiger partial charge is 0.468 e. The SMILES string of the molecule is CC(NC(=O)C1CCN(Cc2ccco2)CC1)C1=CCCCC1. The summed E-state index contributed by atoms with van der Waals surface area (Å²) >= 11 is 0. The van der Waals surface area contributed by atoms with Crippen LogP contribution in [0.4, 0.5) is 0 Å². The minimum atomic E-state index is 0.162. The van der Waals surface area contributed by atoms with E-state index in [4.69, 9.17) is 4.42 Å². The van der Waals surface area contributed by atoms with Gasteiger partial charge in [-0.2, -0.15) is 0 Å². The van der Waals surface area contributed by atoms with Crippen molar-refractivity contribution in [1.29, 1.82) is 0 Å². The molecule has 0 radical (unpaired) electrons. The average Bonchev–Trinajstić information content (AvgIpc) is 3.09. The molecule has 1 atom stereocenters. The molecule has 0 saturated carbocycles. The molecule has 1 fully saturated rings. The van der Waals surface area contributed by atoms with E-state index >= 15 is 0 Å². The van der Waals surface area contributed by atoms with Gasteiger partial charge in [-0.1, -0.05) is 11.6 Å². The maximum absolute atomic E-state index is 12.5. The highest BCUT2D eigenvalue weighted by atomic mass is 16.3. The highest BCUT2D eigenvalue weighted by molar-refractivity contribution is 5.79. The van der Waals surface area contributed by atoms with E-state index in [9.17, 15) is 4.79 Å². The Labute approximate surface area is 138 Å². The topological polar surface area (TPSA) is 45.5 Å². The lowest BCUT2D eigenvalue weighted by Gasteiger charge is -2.31. The third kappa shape index (κ3) is 4.47. The van der Waals surface area contributed by atoms with E-state index in [1.165, 1.54) is 24.8 Å². The predicted octanol–water partition coefficient (Wildman–Crippen LogP) is 3.50. The van der Waals surface area contributed by atoms with Gasteiger partial charge >= 0.3 is 0 Å². The van der Waals surface area contributed by atoms with Crippen LogP contribution in [-0.2, 0) is 11.3 Å². The summed E-state index contributed by atoms with van der Waals surface area (Å²) in [6, 6.07) is 4.14. The van der Waals surface area contributed by atoms with E-state index in [-0.39, 0.29) is 17.9 Å². The smallest absolute Gasteiger partial charge is 0.223 e. The minimum Gasteiger partial charge on any atom is -0.468 e. The zero-order chi connectivity index (χ0) is 16.1. The lowest BCUT2D eigenvalue weighted by atomic mass is 9.92. The van der Waals surface area contributed by atoms with Crippen LogP contribution in [-0.4, -0.2) is 29.9 Å². The van der Waals surface area contributed by atoms with E-state index in [2.05, 4.69) is 23.2 Å². The molecule has 1 aliphatic carbocycles. The number of allylic oxidation sites excluding steroid dienone is 1. The Hall–Kier alpha value is -1.55. The Morgan fingerprint density at radius 1 is 1.39 bits per heavy atom. The van der Waals surface area contributed by atoms with Crippen LogP contribution in [0.1, 0.15) is 51.2 Å². The molecule has 0 aromatic carbocycles. The molecule has 3 rings (SSSR count). The maximum atomic E-state index is 12.5. The fourth-order valence-corrected chi connectivity index (χ4v) is 3.66. The molecule has 1 saturated heterocycles. The third-order valence-electron chi connectivity index (χ3n) is 5.16. The van der Waals surface area contributed by atoms with E-state index in [1.807, 2.05) is 12.1 Å². The molecule has 0 spiro atoms. The maximum Gasteiger partial charge on any atom is 0.223 e. The molecule has 0 bridgehead atoms. The number of nitrogens with one attached hydrogen (secondary N) is 1. The molecule has 1 aromatic heterocycles. The second-order valence-corrected chi connectivity index (χ2v) is 6.88. The molecule has 1 unspecified atom stereocenters. The molecular weight excluding hydrogens is 288 g/mol. The fourth-order valence-electron chi connectivity index (χ4n) is 3.66. The molecular formula is C19H28N2O2. The molecule has 2 aliphatic rings. The Kier molecular flexibility index (Phi) is 5.55. The Balaban J connectivity index is 1.43. The van der Waals surface area contributed by atoms with Gasteiger partial charge in [0, 0.05) is 12.0 Å². The molecule has 1 aliphatic heterocycles. The van der Waals surface area contributed by atoms with Crippen LogP contribution in [0.2, 0.25) is 0 Å². The van der Waals surface area contributed by atoms with Crippen molar-refractivity contribution >= 4 is 5.91 Å². The lowest BCUT2D eigenvalue weighted by molar-refractivity contribution is -0.126. The molecule has 1 aromatic rings. The lowest BCUT2D eigenvalue weighted by Crippen LogP contribution is -2.43. The van der Waals surface area contributed by atoms with Crippen molar-refractivity contribution in [2.45, 2.75) is 58.0 Å². The van der Waals surface area contributed by atoms with Crippen LogP contribution in [0.15, 0.2) is 34.5 Å². The first kappa shape index (κ1) is 16.3. The molecule has 1 N–H and O–H groups in total. The second-order valence-electron chi connectivity index (χ2n) is 6.88. The van der Waals surface area contributed by atoms with E-state index in [0.717, 1.165) is 44.7 Å². The summed E-state index contributed by atoms with van der Waals surface area (Å²) in [6.45, 7) is 4.91. The molecule has 23 heavy (non-hydrogen) atoms. The normalized spacial score (nSPS) is 21.7. The first-order valence-electron chi connectivity index (χ1n) is 8.96. The summed E-state index contributed by atoms with van der Waals surface area (Å²) in [6.07, 6.45) is 10.8. The molecule has 4 nitrogen and oxygen atoms in total. The summed E-state index contributed by atoms with van der Waals surface area (Å²) in [5, 5.41) is 3.24. The number of amides is 1. The van der Waals surface area contributed by atoms with Crippen molar-refractivity contribution in [1.82, 2.24) is 10.2 Å². The van der Waals surface area contributed by atoms with Gasteiger partial charge in [0.1, 0.15) is 5.76 Å². The van der Waals surface area contributed by atoms with Gasteiger partial charge in [-0.3, -0.25) is 9.69 Å². The van der Waals surface area contributed by atoms with Gasteiger partial charge in [-0.25, -0.2) is 0 Å². The monoisotopic (exact) mass is 316 g/mol. The van der Waals surface area contributed by atoms with Crippen LogP contribution in [0.3, 0.4) is 0 Å². The van der Waals surface area contributed by atoms with Gasteiger partial charge < -0.3 is 9.73 Å². The highest BCUT2D eigenvalue weighted by Crippen LogP contribution is 2.22. The van der Waals surface area contributed by atoms with Crippen LogP contribution in [0, 0.1) is 5.92 Å². The van der Waals surface area contributed by atoms with Crippen molar-refractivity contribution in [3.05, 3.63) is 35.8 Å². The summed E-state index contributed by atoms with van der Waals surface area (Å²) < 4.78 is 5.40. The van der Waals surface area contributed by atoms with Crippen molar-refractivity contribution < 1.29 is 9.21 Å². The van der Waals surface area contributed by atoms with Gasteiger partial charge in [0.05, 0.1) is 12.8 Å². The fraction of sp³-hybridized carbons (Fsp3) is 0.632. The predicted molar refractivity (Wildman–Crippen MR) is 90.9 cm³/mol. The zero-order valence-corrected chi connectivity index (χ0v) is 14.1. The average molecular weight is 316 g/mol. The molecule has 4 heteroatoms. The van der Waals surface area contributed by atoms with Crippen molar-refractivity contribution in [2.75, 3.05) is 13.1 Å². The van der Waals surface area contributed by atoms with Crippen LogP contribution in [0.25, 0.3) is 0 Å². The number of hydrogen-bond donors (Lipinski definition) is 1. The first-order valence-corrected chi connectivity index (χ1v) is 8.96. The van der Waals surface area contributed by atoms with Gasteiger partial charge in [0.15, 0.2) is 0 Å². The third-order valence-corrected chi connectivity index (χ3v) is 5.16. The quantitative estimate of drug-likeness (QED) is 0.846. The number of likely N-dealkylation sites (tertiary alicyclic amines) is 1. The van der Waals surface area contributed by atoms with Crippen molar-refractivity contribution in [2.24, 2.45) is 5.92 Å². The minimum absolute atomic E-state index is 0.162. The first-order chi connectivity index (χ1) is 11.2. The standard InChI is InChI=1S/C19H28N2O2/c1-15(16-6-3-2-4-7-16)20-19(22)17-9-11-21(12-10-17)14-18-8-5-13-23-18/h5-6,8,13,15,17H,2-4,7,9-12,14H2,1H3,(H,20,22). The van der Waals surface area contributed by atoms with Crippen LogP contribution in [0.5, 0.6) is 0 Å². The summed E-state index contributed by atoms with van der Waals surface area (Å²) in [4.78, 5) is 14.9. The second kappa shape index (κ2) is 7.82. The number of nitrogens with zero attached hydrogens (tertiary/aromatic N) is 1. The van der Waals surface area contributed by atoms with E-state index in [1.54, 1.807) is 6.26 Å². The number of furan rings is 1.